The molecule has 72 valence electrons. The third-order valence-corrected chi connectivity index (χ3v) is 4.10. The second-order valence-corrected chi connectivity index (χ2v) is 5.42. The quantitative estimate of drug-likeness (QED) is 0.656. The molecule has 5 nitrogen and oxygen atoms in total. The number of rotatable bonds is 3. The summed E-state index contributed by atoms with van der Waals surface area (Å²) in [5.41, 5.74) is 0. The normalized spacial score (nSPS) is 21.1. The smallest absolute Gasteiger partial charge is 0.311 e. The van der Waals surface area contributed by atoms with Gasteiger partial charge in [-0.05, 0) is 13.3 Å². The average molecular weight is 214 g/mol. The van der Waals surface area contributed by atoms with Crippen molar-refractivity contribution in [1.82, 2.24) is 0 Å². The molecule has 0 atom stereocenters. The zero-order valence-corrected chi connectivity index (χ0v) is 8.44. The van der Waals surface area contributed by atoms with E-state index in [1.165, 1.54) is 6.92 Å². The molecule has 0 bridgehead atoms. The van der Waals surface area contributed by atoms with Gasteiger partial charge in [0, 0.05) is 0 Å². The predicted molar refractivity (Wildman–Crippen MR) is 44.0 cm³/mol. The van der Waals surface area contributed by atoms with Crippen molar-refractivity contribution in [3.8, 4) is 0 Å². The van der Waals surface area contributed by atoms with Crippen LogP contribution in [0.2, 0.25) is 0 Å². The van der Waals surface area contributed by atoms with Crippen LogP contribution < -0.4 is 0 Å². The van der Waals surface area contributed by atoms with Crippen LogP contribution in [0.4, 0.5) is 0 Å². The molecule has 7 heteroatoms. The van der Waals surface area contributed by atoms with Crippen molar-refractivity contribution in [2.24, 2.45) is 0 Å². The van der Waals surface area contributed by atoms with E-state index in [9.17, 15) is 8.42 Å². The largest absolute Gasteiger partial charge is 0.348 e. The molecule has 1 saturated heterocycles. The van der Waals surface area contributed by atoms with Crippen LogP contribution in [0.1, 0.15) is 13.3 Å². The first-order chi connectivity index (χ1) is 5.64. The van der Waals surface area contributed by atoms with Crippen molar-refractivity contribution < 1.29 is 21.4 Å². The van der Waals surface area contributed by atoms with Gasteiger partial charge in [-0.25, -0.2) is 0 Å². The molecule has 1 fully saturated rings. The molecule has 0 aromatic heterocycles. The van der Waals surface area contributed by atoms with Gasteiger partial charge in [-0.2, -0.15) is 12.4 Å². The first kappa shape index (κ1) is 10.3. The first-order valence-electron chi connectivity index (χ1n) is 3.62. The lowest BCUT2D eigenvalue weighted by Crippen LogP contribution is -2.11. The summed E-state index contributed by atoms with van der Waals surface area (Å²) in [4.78, 5) is 0. The molecule has 1 aliphatic heterocycles. The van der Waals surface area contributed by atoms with Gasteiger partial charge in [0.25, 0.3) is 10.1 Å². The third-order valence-electron chi connectivity index (χ3n) is 1.21. The zero-order valence-electron chi connectivity index (χ0n) is 6.73. The number of hydrogen-bond donors (Lipinski definition) is 0. The van der Waals surface area contributed by atoms with Crippen LogP contribution in [-0.4, -0.2) is 27.4 Å². The molecule has 0 aromatic carbocycles. The Morgan fingerprint density at radius 2 is 2.00 bits per heavy atom. The molecule has 0 N–H and O–H groups in total. The van der Waals surface area contributed by atoms with E-state index >= 15 is 0 Å². The van der Waals surface area contributed by atoms with E-state index < -0.39 is 18.7 Å². The van der Waals surface area contributed by atoms with E-state index in [4.69, 9.17) is 9.05 Å². The van der Waals surface area contributed by atoms with Gasteiger partial charge in [-0.1, -0.05) is 0 Å². The molecule has 1 heterocycles. The van der Waals surface area contributed by atoms with Gasteiger partial charge in [-0.15, -0.1) is 0 Å². The minimum absolute atomic E-state index is 0.0570. The Morgan fingerprint density at radius 3 is 2.50 bits per heavy atom. The summed E-state index contributed by atoms with van der Waals surface area (Å²) >= 11 is 0. The SMILES string of the molecule is CCS(=O)(=O)OP1OCCCO1. The van der Waals surface area contributed by atoms with Crippen LogP contribution in [-0.2, 0) is 23.1 Å². The van der Waals surface area contributed by atoms with Crippen LogP contribution in [0.3, 0.4) is 0 Å². The highest BCUT2D eigenvalue weighted by Gasteiger charge is 2.23. The Kier molecular flexibility index (Phi) is 3.86. The number of hydrogen-bond acceptors (Lipinski definition) is 5. The van der Waals surface area contributed by atoms with Crippen LogP contribution in [0, 0.1) is 0 Å². The van der Waals surface area contributed by atoms with Crippen molar-refractivity contribution in [3.05, 3.63) is 0 Å². The standard InChI is InChI=1S/C5H11O5PS/c1-2-12(6,7)10-11-8-4-3-5-9-11/h2-5H2,1H3. The molecule has 0 aliphatic carbocycles. The molecule has 0 radical (unpaired) electrons. The lowest BCUT2D eigenvalue weighted by molar-refractivity contribution is 0.149. The summed E-state index contributed by atoms with van der Waals surface area (Å²) in [6.45, 7) is 2.52. The minimum atomic E-state index is -3.44. The summed E-state index contributed by atoms with van der Waals surface area (Å²) in [6.07, 6.45) is 0.786. The molecule has 0 aromatic rings. The molecule has 0 unspecified atom stereocenters. The highest BCUT2D eigenvalue weighted by molar-refractivity contribution is 7.90. The summed E-state index contributed by atoms with van der Waals surface area (Å²) < 4.78 is 36.3. The Morgan fingerprint density at radius 1 is 1.42 bits per heavy atom. The van der Waals surface area contributed by atoms with Crippen molar-refractivity contribution in [3.63, 3.8) is 0 Å². The van der Waals surface area contributed by atoms with E-state index in [0.29, 0.717) is 13.2 Å². The van der Waals surface area contributed by atoms with E-state index in [-0.39, 0.29) is 5.75 Å². The third kappa shape index (κ3) is 3.33. The van der Waals surface area contributed by atoms with Gasteiger partial charge in [0.15, 0.2) is 0 Å². The Bertz CT molecular complexity index is 220. The maximum Gasteiger partial charge on any atom is 0.348 e. The highest BCUT2D eigenvalue weighted by atomic mass is 32.2. The Labute approximate surface area is 73.1 Å². The predicted octanol–water partition coefficient (Wildman–Crippen LogP) is 1.02. The van der Waals surface area contributed by atoms with Crippen molar-refractivity contribution in [1.29, 1.82) is 0 Å². The zero-order chi connectivity index (χ0) is 9.03. The summed E-state index contributed by atoms with van der Waals surface area (Å²) in [6, 6.07) is 0. The fourth-order valence-corrected chi connectivity index (χ4v) is 2.70. The van der Waals surface area contributed by atoms with Gasteiger partial charge >= 0.3 is 8.60 Å². The molecule has 1 rings (SSSR count). The van der Waals surface area contributed by atoms with Gasteiger partial charge in [0.1, 0.15) is 0 Å². The monoisotopic (exact) mass is 214 g/mol. The Balaban J connectivity index is 2.39. The van der Waals surface area contributed by atoms with Crippen LogP contribution in [0.25, 0.3) is 0 Å². The van der Waals surface area contributed by atoms with Gasteiger partial charge in [-0.3, -0.25) is 0 Å². The maximum absolute atomic E-state index is 10.9. The van der Waals surface area contributed by atoms with Gasteiger partial charge < -0.3 is 9.05 Å². The molecule has 12 heavy (non-hydrogen) atoms. The second-order valence-electron chi connectivity index (χ2n) is 2.16. The van der Waals surface area contributed by atoms with Crippen LogP contribution in [0.5, 0.6) is 0 Å². The van der Waals surface area contributed by atoms with Gasteiger partial charge in [0.2, 0.25) is 0 Å². The summed E-state index contributed by atoms with van der Waals surface area (Å²) in [7, 11) is -5.09. The Hall–Kier alpha value is 0.260. The molecule has 1 aliphatic rings. The van der Waals surface area contributed by atoms with E-state index in [1.807, 2.05) is 0 Å². The van der Waals surface area contributed by atoms with E-state index in [0.717, 1.165) is 6.42 Å². The van der Waals surface area contributed by atoms with Crippen molar-refractivity contribution in [2.45, 2.75) is 13.3 Å². The fraction of sp³-hybridized carbons (Fsp3) is 1.00. The second kappa shape index (κ2) is 4.48. The molecule has 0 amide bonds. The van der Waals surface area contributed by atoms with Crippen molar-refractivity contribution >= 4 is 18.7 Å². The van der Waals surface area contributed by atoms with E-state index in [1.54, 1.807) is 0 Å². The topological polar surface area (TPSA) is 61.8 Å². The van der Waals surface area contributed by atoms with Crippen LogP contribution in [0.15, 0.2) is 0 Å². The lowest BCUT2D eigenvalue weighted by Gasteiger charge is -2.19. The molecular weight excluding hydrogens is 203 g/mol. The highest BCUT2D eigenvalue weighted by Crippen LogP contribution is 2.43. The molecule has 0 spiro atoms. The fourth-order valence-electron chi connectivity index (χ4n) is 0.563. The average Bonchev–Trinajstić information content (AvgIpc) is 2.06. The molecular formula is C5H11O5PS. The van der Waals surface area contributed by atoms with Crippen LogP contribution >= 0.6 is 8.60 Å². The summed E-state index contributed by atoms with van der Waals surface area (Å²) in [5, 5.41) is 0. The maximum atomic E-state index is 10.9. The van der Waals surface area contributed by atoms with Gasteiger partial charge in [0.05, 0.1) is 19.0 Å². The van der Waals surface area contributed by atoms with E-state index in [2.05, 4.69) is 3.97 Å². The minimum Gasteiger partial charge on any atom is -0.311 e. The first-order valence-corrected chi connectivity index (χ1v) is 6.29. The lowest BCUT2D eigenvalue weighted by atomic mass is 10.5. The van der Waals surface area contributed by atoms with Crippen molar-refractivity contribution in [2.75, 3.05) is 19.0 Å². The molecule has 0 saturated carbocycles. The summed E-state index contributed by atoms with van der Waals surface area (Å²) in [5.74, 6) is -0.0570.